The minimum Gasteiger partial charge on any atom is -0.509 e. The van der Waals surface area contributed by atoms with E-state index in [0.29, 0.717) is 11.5 Å². The molecule has 76 heavy (non-hydrogen) atoms. The maximum Gasteiger partial charge on any atom is 0.135 e. The fourth-order valence-electron chi connectivity index (χ4n) is 10.5. The molecule has 3 heterocycles. The van der Waals surface area contributed by atoms with Crippen molar-refractivity contribution in [2.45, 2.75) is 85.5 Å². The van der Waals surface area contributed by atoms with Gasteiger partial charge in [-0.15, -0.1) is 53.6 Å². The van der Waals surface area contributed by atoms with Crippen LogP contribution in [0.25, 0.3) is 49.9 Å². The number of allylic oxidation sites excluding steroid dienone is 1. The van der Waals surface area contributed by atoms with Crippen molar-refractivity contribution in [3.05, 3.63) is 259 Å². The number of fused-ring (bicyclic) bond motifs is 3. The molecule has 0 bridgehead atoms. The summed E-state index contributed by atoms with van der Waals surface area (Å²) < 4.78 is 9.32. The number of hydrogen-bond donors (Lipinski definition) is 0. The molecule has 11 rings (SSSR count). The number of nitrogens with zero attached hydrogens (tertiary/aromatic N) is 4. The molecule has 1 aliphatic heterocycles. The topological polar surface area (TPSA) is 33.5 Å². The first-order valence-corrected chi connectivity index (χ1v) is 26.2. The minimum absolute atomic E-state index is 0. The van der Waals surface area contributed by atoms with Gasteiger partial charge in [0.25, 0.3) is 0 Å². The molecule has 0 spiro atoms. The van der Waals surface area contributed by atoms with Crippen molar-refractivity contribution in [3.8, 4) is 39.6 Å². The monoisotopic (exact) mass is 1170 g/mol. The smallest absolute Gasteiger partial charge is 0.135 e. The van der Waals surface area contributed by atoms with E-state index in [-0.39, 0.29) is 42.7 Å². The van der Waals surface area contributed by atoms with Crippen LogP contribution in [0.2, 0.25) is 0 Å². The fourth-order valence-corrected chi connectivity index (χ4v) is 10.5. The van der Waals surface area contributed by atoms with E-state index in [9.17, 15) is 0 Å². The van der Waals surface area contributed by atoms with Crippen LogP contribution in [0.3, 0.4) is 0 Å². The van der Waals surface area contributed by atoms with Crippen LogP contribution in [0.4, 0.5) is 11.4 Å². The molecule has 1 aliphatic rings. The zero-order valence-electron chi connectivity index (χ0n) is 45.2. The molecule has 5 nitrogen and oxygen atoms in total. The summed E-state index contributed by atoms with van der Waals surface area (Å²) in [5, 5.41) is 2.18. The van der Waals surface area contributed by atoms with Gasteiger partial charge in [0.2, 0.25) is 0 Å². The average Bonchev–Trinajstić information content (AvgIpc) is 4.05. The molecule has 0 saturated carbocycles. The van der Waals surface area contributed by atoms with Gasteiger partial charge >= 0.3 is 0 Å². The Morgan fingerprint density at radius 2 is 1.07 bits per heavy atom. The Labute approximate surface area is 464 Å². The number of ether oxygens (including phenoxy) is 1. The van der Waals surface area contributed by atoms with Gasteiger partial charge in [-0.2, -0.15) is 6.07 Å². The zero-order chi connectivity index (χ0) is 52.3. The molecule has 0 saturated heterocycles. The average molecular weight is 1170 g/mol. The Kier molecular flexibility index (Phi) is 13.9. The van der Waals surface area contributed by atoms with E-state index < -0.39 is 0 Å². The maximum atomic E-state index is 7.08. The molecule has 0 fully saturated rings. The quantitative estimate of drug-likeness (QED) is 0.121. The molecule has 2 aromatic heterocycles. The summed E-state index contributed by atoms with van der Waals surface area (Å²) >= 11 is 0. The second-order valence-electron chi connectivity index (χ2n) is 23.2. The van der Waals surface area contributed by atoms with E-state index in [4.69, 9.17) is 9.72 Å². The van der Waals surface area contributed by atoms with E-state index >= 15 is 0 Å². The normalized spacial score (nSPS) is 13.3. The Balaban J connectivity index is 0.00000657. The second-order valence-corrected chi connectivity index (χ2v) is 23.2. The first-order valence-electron chi connectivity index (χ1n) is 26.2. The van der Waals surface area contributed by atoms with E-state index in [2.05, 4.69) is 297 Å². The van der Waals surface area contributed by atoms with Crippen molar-refractivity contribution in [1.82, 2.24) is 9.55 Å². The summed E-state index contributed by atoms with van der Waals surface area (Å²) in [5.74, 6) is 2.00. The van der Waals surface area contributed by atoms with Crippen LogP contribution in [-0.4, -0.2) is 9.55 Å². The van der Waals surface area contributed by atoms with Gasteiger partial charge < -0.3 is 19.1 Å². The standard InChI is InChI=1S/C70H65N4O.Pt/c1-67(2,3)55-37-51(49-25-17-12-18-26-49)38-58(40-55)73-47-72(46-65(73)68(4,5)6)57-41-56(70(9,10)53-29-21-14-22-30-53)42-60(44-57)75-59-32-33-61-62-39-50(48-23-15-11-16-24-48)31-34-63(62)74(64(61)45-59)66-43-54(35-36-71-66)69(7,8)52-27-19-13-20-28-52;/h11-43,46-47H,1-10H3;/q-3;. The Hall–Kier alpha value is -7.46. The summed E-state index contributed by atoms with van der Waals surface area (Å²) in [6.45, 7) is 25.0. The minimum atomic E-state index is -0.383. The zero-order valence-corrected chi connectivity index (χ0v) is 47.5. The molecule has 0 unspecified atom stereocenters. The van der Waals surface area contributed by atoms with Gasteiger partial charge in [-0.3, -0.25) is 0 Å². The molecule has 0 amide bonds. The summed E-state index contributed by atoms with van der Waals surface area (Å²) in [4.78, 5) is 9.65. The van der Waals surface area contributed by atoms with Crippen molar-refractivity contribution >= 4 is 33.2 Å². The van der Waals surface area contributed by atoms with Gasteiger partial charge in [-0.05, 0) is 97.3 Å². The predicted molar refractivity (Wildman–Crippen MR) is 313 cm³/mol. The third-order valence-corrected chi connectivity index (χ3v) is 15.2. The SMILES string of the molecule is CC(C)(C)C1=CN(c2[c-]c(Oc3[c-]c4c(cc3)c3cc(-c5ccccc5)ccc3n4-c3cc(C(C)(C)c4ccccc4)ccn3)cc(C(C)(C)c3ccccc3)c2)[CH-]N1c1cc(-c2ccccc2)cc(C(C)(C)C)c1.[Pt]. The molecule has 10 aromatic rings. The van der Waals surface area contributed by atoms with E-state index in [1.807, 2.05) is 12.3 Å². The molecule has 0 aliphatic carbocycles. The Morgan fingerprint density at radius 3 is 1.68 bits per heavy atom. The van der Waals surface area contributed by atoms with Gasteiger partial charge in [0, 0.05) is 66.5 Å². The molecule has 0 radical (unpaired) electrons. The number of benzene rings is 8. The fraction of sp³-hybridized carbons (Fsp3) is 0.200. The van der Waals surface area contributed by atoms with Crippen LogP contribution < -0.4 is 14.5 Å². The van der Waals surface area contributed by atoms with Gasteiger partial charge in [-0.25, -0.2) is 4.98 Å². The third kappa shape index (κ3) is 10.1. The summed E-state index contributed by atoms with van der Waals surface area (Å²) in [5.41, 5.74) is 14.8. The van der Waals surface area contributed by atoms with Crippen LogP contribution >= 0.6 is 0 Å². The van der Waals surface area contributed by atoms with Crippen molar-refractivity contribution in [3.63, 3.8) is 0 Å². The van der Waals surface area contributed by atoms with Gasteiger partial charge in [-0.1, -0.05) is 214 Å². The van der Waals surface area contributed by atoms with Gasteiger partial charge in [0.15, 0.2) is 0 Å². The molecular weight excluding hydrogens is 1110 g/mol. The number of anilines is 2. The van der Waals surface area contributed by atoms with Gasteiger partial charge in [0.05, 0.1) is 0 Å². The molecule has 8 aromatic carbocycles. The van der Waals surface area contributed by atoms with Crippen LogP contribution in [0.15, 0.2) is 212 Å². The van der Waals surface area contributed by atoms with Crippen molar-refractivity contribution in [1.29, 1.82) is 0 Å². The Morgan fingerprint density at radius 1 is 0.461 bits per heavy atom. The van der Waals surface area contributed by atoms with E-state index in [1.165, 1.54) is 39.1 Å². The largest absolute Gasteiger partial charge is 0.509 e. The summed E-state index contributed by atoms with van der Waals surface area (Å²) in [7, 11) is 0. The number of aromatic nitrogens is 2. The molecule has 0 N–H and O–H groups in total. The van der Waals surface area contributed by atoms with E-state index in [1.54, 1.807) is 0 Å². The van der Waals surface area contributed by atoms with E-state index in [0.717, 1.165) is 55.7 Å². The first-order chi connectivity index (χ1) is 35.9. The number of pyridine rings is 1. The maximum absolute atomic E-state index is 7.08. The second kappa shape index (κ2) is 20.2. The molecule has 384 valence electrons. The van der Waals surface area contributed by atoms with Crippen molar-refractivity contribution in [2.24, 2.45) is 5.41 Å². The van der Waals surface area contributed by atoms with Crippen molar-refractivity contribution in [2.75, 3.05) is 9.80 Å². The van der Waals surface area contributed by atoms with Gasteiger partial charge in [0.1, 0.15) is 5.82 Å². The van der Waals surface area contributed by atoms with Crippen LogP contribution in [-0.2, 0) is 37.3 Å². The molecule has 6 heteroatoms. The molecular formula is C70H65N4OPt-3. The van der Waals surface area contributed by atoms with Crippen molar-refractivity contribution < 1.29 is 25.8 Å². The predicted octanol–water partition coefficient (Wildman–Crippen LogP) is 18.2. The number of hydrogen-bond acceptors (Lipinski definition) is 4. The Bertz CT molecular complexity index is 3730. The molecule has 0 atom stereocenters. The summed E-state index contributed by atoms with van der Waals surface area (Å²) in [6.07, 6.45) is 4.20. The number of rotatable bonds is 11. The first kappa shape index (κ1) is 52.0. The third-order valence-electron chi connectivity index (χ3n) is 15.2. The van der Waals surface area contributed by atoms with Crippen LogP contribution in [0.5, 0.6) is 11.5 Å². The van der Waals surface area contributed by atoms with Crippen LogP contribution in [0.1, 0.15) is 97.1 Å². The van der Waals surface area contributed by atoms with Crippen LogP contribution in [0, 0.1) is 24.2 Å². The summed E-state index contributed by atoms with van der Waals surface area (Å²) in [6, 6.07) is 76.9.